The van der Waals surface area contributed by atoms with Crippen LogP contribution in [0.2, 0.25) is 0 Å². The van der Waals surface area contributed by atoms with Crippen LogP contribution in [0.15, 0.2) is 66.7 Å². The largest absolute Gasteiger partial charge is 0.298 e. The minimum absolute atomic E-state index is 0.0604. The van der Waals surface area contributed by atoms with Crippen molar-refractivity contribution in [3.63, 3.8) is 0 Å². The van der Waals surface area contributed by atoms with Crippen molar-refractivity contribution in [2.45, 2.75) is 27.3 Å². The Balaban J connectivity index is 2.01. The minimum atomic E-state index is 0.0604. The SMILES string of the molecule is CN(CC=CC#CC(C)(C)C)Cc1ccccc1-c1ccccc1. The van der Waals surface area contributed by atoms with Gasteiger partial charge in [0.25, 0.3) is 0 Å². The molecule has 1 nitrogen and oxygen atoms in total. The summed E-state index contributed by atoms with van der Waals surface area (Å²) in [7, 11) is 2.14. The van der Waals surface area contributed by atoms with Gasteiger partial charge in [0.15, 0.2) is 0 Å². The van der Waals surface area contributed by atoms with E-state index in [1.807, 2.05) is 6.08 Å². The number of rotatable bonds is 5. The third kappa shape index (κ3) is 6.07. The Bertz CT molecular complexity index is 724. The number of likely N-dealkylation sites (N-methyl/N-ethyl adjacent to an activating group) is 1. The first kappa shape index (κ1) is 18.0. The van der Waals surface area contributed by atoms with E-state index in [9.17, 15) is 0 Å². The quantitative estimate of drug-likeness (QED) is 0.668. The first-order valence-electron chi connectivity index (χ1n) is 8.45. The van der Waals surface area contributed by atoms with Crippen LogP contribution in [0.3, 0.4) is 0 Å². The van der Waals surface area contributed by atoms with Crippen LogP contribution in [-0.2, 0) is 6.54 Å². The van der Waals surface area contributed by atoms with E-state index in [1.165, 1.54) is 16.7 Å². The maximum absolute atomic E-state index is 3.22. The summed E-state index contributed by atoms with van der Waals surface area (Å²) < 4.78 is 0. The van der Waals surface area contributed by atoms with Crippen LogP contribution in [0, 0.1) is 17.3 Å². The molecule has 0 spiro atoms. The predicted molar refractivity (Wildman–Crippen MR) is 105 cm³/mol. The van der Waals surface area contributed by atoms with Crippen molar-refractivity contribution < 1.29 is 0 Å². The molecule has 0 saturated carbocycles. The highest BCUT2D eigenvalue weighted by atomic mass is 15.1. The number of benzene rings is 2. The Labute approximate surface area is 147 Å². The third-order valence-electron chi connectivity index (χ3n) is 3.61. The second-order valence-electron chi connectivity index (χ2n) is 7.14. The van der Waals surface area contributed by atoms with E-state index in [4.69, 9.17) is 0 Å². The van der Waals surface area contributed by atoms with Gasteiger partial charge in [0.2, 0.25) is 0 Å². The van der Waals surface area contributed by atoms with Crippen LogP contribution >= 0.6 is 0 Å². The van der Waals surface area contributed by atoms with Gasteiger partial charge in [-0.25, -0.2) is 0 Å². The molecule has 124 valence electrons. The lowest BCUT2D eigenvalue weighted by Crippen LogP contribution is -2.18. The smallest absolute Gasteiger partial charge is 0.0240 e. The van der Waals surface area contributed by atoms with Crippen molar-refractivity contribution in [3.05, 3.63) is 72.3 Å². The highest BCUT2D eigenvalue weighted by Crippen LogP contribution is 2.24. The Morgan fingerprint density at radius 3 is 2.33 bits per heavy atom. The Kier molecular flexibility index (Phi) is 6.41. The molecule has 0 aliphatic carbocycles. The molecule has 0 amide bonds. The number of allylic oxidation sites excluding steroid dienone is 1. The monoisotopic (exact) mass is 317 g/mol. The van der Waals surface area contributed by atoms with Crippen molar-refractivity contribution in [1.29, 1.82) is 0 Å². The van der Waals surface area contributed by atoms with E-state index in [0.717, 1.165) is 13.1 Å². The van der Waals surface area contributed by atoms with E-state index in [1.54, 1.807) is 0 Å². The molecule has 0 aliphatic rings. The van der Waals surface area contributed by atoms with Crippen molar-refractivity contribution in [2.24, 2.45) is 5.41 Å². The van der Waals surface area contributed by atoms with Gasteiger partial charge in [-0.2, -0.15) is 0 Å². The summed E-state index contributed by atoms with van der Waals surface area (Å²) >= 11 is 0. The van der Waals surface area contributed by atoms with Gasteiger partial charge in [-0.15, -0.1) is 0 Å². The summed E-state index contributed by atoms with van der Waals surface area (Å²) in [6.07, 6.45) is 4.09. The fourth-order valence-electron chi connectivity index (χ4n) is 2.46. The van der Waals surface area contributed by atoms with Crippen molar-refractivity contribution >= 4 is 0 Å². The summed E-state index contributed by atoms with van der Waals surface area (Å²) in [5, 5.41) is 0. The van der Waals surface area contributed by atoms with Gasteiger partial charge in [-0.05, 0) is 50.6 Å². The van der Waals surface area contributed by atoms with E-state index in [-0.39, 0.29) is 5.41 Å². The Hall–Kier alpha value is -2.30. The van der Waals surface area contributed by atoms with Gasteiger partial charge < -0.3 is 0 Å². The predicted octanol–water partition coefficient (Wildman–Crippen LogP) is 5.39. The minimum Gasteiger partial charge on any atom is -0.298 e. The van der Waals surface area contributed by atoms with Crippen molar-refractivity contribution in [1.82, 2.24) is 4.90 Å². The lowest BCUT2D eigenvalue weighted by Gasteiger charge is -2.17. The van der Waals surface area contributed by atoms with Crippen LogP contribution in [-0.4, -0.2) is 18.5 Å². The fourth-order valence-corrected chi connectivity index (χ4v) is 2.46. The van der Waals surface area contributed by atoms with E-state index >= 15 is 0 Å². The van der Waals surface area contributed by atoms with E-state index in [0.29, 0.717) is 0 Å². The molecule has 2 aromatic rings. The number of hydrogen-bond acceptors (Lipinski definition) is 1. The summed E-state index contributed by atoms with van der Waals surface area (Å²) in [5.74, 6) is 6.35. The summed E-state index contributed by atoms with van der Waals surface area (Å²) in [4.78, 5) is 2.30. The fraction of sp³-hybridized carbons (Fsp3) is 0.304. The van der Waals surface area contributed by atoms with E-state index in [2.05, 4.69) is 105 Å². The first-order valence-corrected chi connectivity index (χ1v) is 8.45. The average molecular weight is 317 g/mol. The first-order chi connectivity index (χ1) is 11.5. The molecule has 0 aliphatic heterocycles. The molecule has 0 saturated heterocycles. The zero-order valence-corrected chi connectivity index (χ0v) is 15.2. The zero-order chi connectivity index (χ0) is 17.4. The second kappa shape index (κ2) is 8.52. The normalized spacial score (nSPS) is 11.5. The summed E-state index contributed by atoms with van der Waals surface area (Å²) in [6.45, 7) is 8.19. The molecule has 0 aromatic heterocycles. The summed E-state index contributed by atoms with van der Waals surface area (Å²) in [6, 6.07) is 19.2. The highest BCUT2D eigenvalue weighted by Gasteiger charge is 2.06. The lowest BCUT2D eigenvalue weighted by molar-refractivity contribution is 0.364. The molecule has 0 fully saturated rings. The van der Waals surface area contributed by atoms with Gasteiger partial charge in [0.1, 0.15) is 0 Å². The van der Waals surface area contributed by atoms with Crippen LogP contribution in [0.5, 0.6) is 0 Å². The summed E-state index contributed by atoms with van der Waals surface area (Å²) in [5.41, 5.74) is 3.99. The molecule has 0 atom stereocenters. The zero-order valence-electron chi connectivity index (χ0n) is 15.2. The molecule has 2 rings (SSSR count). The average Bonchev–Trinajstić information content (AvgIpc) is 2.55. The maximum Gasteiger partial charge on any atom is 0.0240 e. The van der Waals surface area contributed by atoms with E-state index < -0.39 is 0 Å². The molecule has 1 heteroatoms. The van der Waals surface area contributed by atoms with Gasteiger partial charge in [0, 0.05) is 18.5 Å². The molecule has 0 unspecified atom stereocenters. The van der Waals surface area contributed by atoms with Crippen molar-refractivity contribution in [2.75, 3.05) is 13.6 Å². The standard InChI is InChI=1S/C23H27N/c1-23(2,3)17-11-6-12-18-24(4)19-21-15-9-10-16-22(21)20-13-7-5-8-14-20/h5-10,12-16H,18-19H2,1-4H3. The number of hydrogen-bond donors (Lipinski definition) is 0. The van der Waals surface area contributed by atoms with Gasteiger partial charge >= 0.3 is 0 Å². The molecule has 0 N–H and O–H groups in total. The third-order valence-corrected chi connectivity index (χ3v) is 3.61. The van der Waals surface area contributed by atoms with Crippen molar-refractivity contribution in [3.8, 4) is 23.0 Å². The number of nitrogens with zero attached hydrogens (tertiary/aromatic N) is 1. The van der Waals surface area contributed by atoms with Crippen LogP contribution in [0.4, 0.5) is 0 Å². The maximum atomic E-state index is 3.22. The molecule has 0 bridgehead atoms. The molecule has 24 heavy (non-hydrogen) atoms. The molecule has 0 radical (unpaired) electrons. The van der Waals surface area contributed by atoms with Crippen LogP contribution in [0.25, 0.3) is 11.1 Å². The Morgan fingerprint density at radius 2 is 1.62 bits per heavy atom. The second-order valence-corrected chi connectivity index (χ2v) is 7.14. The van der Waals surface area contributed by atoms with Gasteiger partial charge in [-0.1, -0.05) is 72.5 Å². The Morgan fingerprint density at radius 1 is 0.958 bits per heavy atom. The molecular formula is C23H27N. The lowest BCUT2D eigenvalue weighted by atomic mass is 9.98. The molecular weight excluding hydrogens is 290 g/mol. The molecule has 0 heterocycles. The van der Waals surface area contributed by atoms with Crippen LogP contribution in [0.1, 0.15) is 26.3 Å². The van der Waals surface area contributed by atoms with Crippen LogP contribution < -0.4 is 0 Å². The highest BCUT2D eigenvalue weighted by molar-refractivity contribution is 5.67. The van der Waals surface area contributed by atoms with Gasteiger partial charge in [0.05, 0.1) is 0 Å². The topological polar surface area (TPSA) is 3.24 Å². The van der Waals surface area contributed by atoms with Gasteiger partial charge in [-0.3, -0.25) is 4.90 Å². The molecule has 2 aromatic carbocycles.